The molecule has 2 aromatic rings. The number of hydrogen-bond acceptors (Lipinski definition) is 6. The molecule has 0 atom stereocenters. The number of nitrogens with one attached hydrogen (secondary N) is 2. The predicted molar refractivity (Wildman–Crippen MR) is 91.4 cm³/mol. The largest absolute Gasteiger partial charge is 0.351 e. The van der Waals surface area contributed by atoms with E-state index in [9.17, 15) is 9.59 Å². The van der Waals surface area contributed by atoms with Crippen molar-refractivity contribution in [2.45, 2.75) is 19.3 Å². The Balaban J connectivity index is 1.44. The van der Waals surface area contributed by atoms with E-state index in [0.29, 0.717) is 29.5 Å². The van der Waals surface area contributed by atoms with E-state index in [0.717, 1.165) is 25.2 Å². The van der Waals surface area contributed by atoms with Gasteiger partial charge in [0.1, 0.15) is 10.7 Å². The van der Waals surface area contributed by atoms with Gasteiger partial charge in [0.05, 0.1) is 12.4 Å². The van der Waals surface area contributed by atoms with Crippen molar-refractivity contribution in [2.24, 2.45) is 7.05 Å². The van der Waals surface area contributed by atoms with Crippen LogP contribution >= 0.6 is 11.3 Å². The third kappa shape index (κ3) is 3.91. The number of hydrogen-bond donors (Lipinski definition) is 2. The summed E-state index contributed by atoms with van der Waals surface area (Å²) in [6.07, 6.45) is 5.60. The number of aryl methyl sites for hydroxylation is 1. The molecule has 2 aromatic heterocycles. The van der Waals surface area contributed by atoms with Crippen LogP contribution < -0.4 is 10.6 Å². The summed E-state index contributed by atoms with van der Waals surface area (Å²) < 4.78 is 1.70. The molecule has 0 unspecified atom stereocenters. The van der Waals surface area contributed by atoms with Crippen molar-refractivity contribution in [3.8, 4) is 0 Å². The molecule has 1 fully saturated rings. The maximum Gasteiger partial charge on any atom is 0.263 e. The number of thiazole rings is 1. The van der Waals surface area contributed by atoms with Gasteiger partial charge in [-0.25, -0.2) is 4.98 Å². The third-order valence-corrected chi connectivity index (χ3v) is 4.76. The quantitative estimate of drug-likeness (QED) is 0.737. The van der Waals surface area contributed by atoms with Crippen LogP contribution in [0.2, 0.25) is 0 Å². The topological polar surface area (TPSA) is 92.2 Å². The number of carbonyl (C=O) groups excluding carboxylic acids is 2. The molecular weight excluding hydrogens is 328 g/mol. The van der Waals surface area contributed by atoms with Crippen molar-refractivity contribution in [3.05, 3.63) is 23.3 Å². The van der Waals surface area contributed by atoms with Crippen molar-refractivity contribution in [1.82, 2.24) is 25.0 Å². The molecule has 24 heavy (non-hydrogen) atoms. The van der Waals surface area contributed by atoms with Gasteiger partial charge in [0.15, 0.2) is 5.13 Å². The van der Waals surface area contributed by atoms with Crippen LogP contribution in [-0.2, 0) is 11.8 Å². The normalized spacial score (nSPS) is 14.2. The lowest BCUT2D eigenvalue weighted by atomic mass is 10.3. The zero-order valence-corrected chi connectivity index (χ0v) is 14.3. The Morgan fingerprint density at radius 1 is 1.46 bits per heavy atom. The van der Waals surface area contributed by atoms with E-state index < -0.39 is 0 Å². The first-order valence-electron chi connectivity index (χ1n) is 7.90. The van der Waals surface area contributed by atoms with E-state index >= 15 is 0 Å². The van der Waals surface area contributed by atoms with Crippen molar-refractivity contribution < 1.29 is 9.59 Å². The van der Waals surface area contributed by atoms with Gasteiger partial charge in [-0.1, -0.05) is 11.3 Å². The molecule has 128 valence electrons. The first-order chi connectivity index (χ1) is 11.6. The summed E-state index contributed by atoms with van der Waals surface area (Å²) in [5, 5.41) is 10.7. The van der Waals surface area contributed by atoms with Crippen LogP contribution in [0.4, 0.5) is 10.9 Å². The Bertz CT molecular complexity index is 725. The highest BCUT2D eigenvalue weighted by Crippen LogP contribution is 2.21. The smallest absolute Gasteiger partial charge is 0.263 e. The molecule has 1 saturated heterocycles. The summed E-state index contributed by atoms with van der Waals surface area (Å²) in [5.74, 6) is 0.888. The fraction of sp³-hybridized carbons (Fsp3) is 0.467. The standard InChI is InChI=1S/C15H20N6O2S/c1-20-12(5-7-18-20)19-15-17-10-11(24-15)14(23)16-6-3-9-21-8-2-4-13(21)22/h5,7,10H,2-4,6,8-9H2,1H3,(H,16,23)(H,17,19). The van der Waals surface area contributed by atoms with Gasteiger partial charge in [0, 0.05) is 39.2 Å². The number of carbonyl (C=O) groups is 2. The summed E-state index contributed by atoms with van der Waals surface area (Å²) >= 11 is 1.29. The highest BCUT2D eigenvalue weighted by Gasteiger charge is 2.19. The minimum Gasteiger partial charge on any atom is -0.351 e. The maximum absolute atomic E-state index is 12.1. The zero-order valence-electron chi connectivity index (χ0n) is 13.5. The molecule has 3 rings (SSSR count). The second-order valence-electron chi connectivity index (χ2n) is 5.59. The summed E-state index contributed by atoms with van der Waals surface area (Å²) in [6.45, 7) is 2.09. The molecule has 3 heterocycles. The second kappa shape index (κ2) is 7.43. The SMILES string of the molecule is Cn1nccc1Nc1ncc(C(=O)NCCCN2CCCC2=O)s1. The van der Waals surface area contributed by atoms with Crippen molar-refractivity contribution in [3.63, 3.8) is 0 Å². The van der Waals surface area contributed by atoms with Gasteiger partial charge >= 0.3 is 0 Å². The van der Waals surface area contributed by atoms with Crippen LogP contribution in [0.3, 0.4) is 0 Å². The first-order valence-corrected chi connectivity index (χ1v) is 8.72. The molecule has 0 aliphatic carbocycles. The van der Waals surface area contributed by atoms with Gasteiger partial charge < -0.3 is 15.5 Å². The first kappa shape index (κ1) is 16.4. The zero-order chi connectivity index (χ0) is 16.9. The van der Waals surface area contributed by atoms with Gasteiger partial charge in [0.25, 0.3) is 5.91 Å². The summed E-state index contributed by atoms with van der Waals surface area (Å²) in [6, 6.07) is 1.83. The summed E-state index contributed by atoms with van der Waals surface area (Å²) in [4.78, 5) is 30.2. The van der Waals surface area contributed by atoms with Crippen LogP contribution in [0.15, 0.2) is 18.5 Å². The van der Waals surface area contributed by atoms with Crippen LogP contribution in [0, 0.1) is 0 Å². The lowest BCUT2D eigenvalue weighted by Crippen LogP contribution is -2.30. The Morgan fingerprint density at radius 2 is 2.33 bits per heavy atom. The van der Waals surface area contributed by atoms with E-state index in [1.165, 1.54) is 11.3 Å². The number of likely N-dealkylation sites (tertiary alicyclic amines) is 1. The van der Waals surface area contributed by atoms with E-state index in [-0.39, 0.29) is 11.8 Å². The molecule has 1 aliphatic rings. The number of rotatable bonds is 7. The van der Waals surface area contributed by atoms with Gasteiger partial charge in [-0.05, 0) is 12.8 Å². The Morgan fingerprint density at radius 3 is 3.04 bits per heavy atom. The molecule has 1 aliphatic heterocycles. The predicted octanol–water partition coefficient (Wildman–Crippen LogP) is 1.36. The van der Waals surface area contributed by atoms with Crippen LogP contribution in [0.1, 0.15) is 28.9 Å². The van der Waals surface area contributed by atoms with Gasteiger partial charge in [-0.15, -0.1) is 0 Å². The lowest BCUT2D eigenvalue weighted by Gasteiger charge is -2.15. The van der Waals surface area contributed by atoms with E-state index in [2.05, 4.69) is 20.7 Å². The molecular formula is C15H20N6O2S. The minimum absolute atomic E-state index is 0.140. The molecule has 2 amide bonds. The average Bonchev–Trinajstić information content (AvgIpc) is 3.28. The third-order valence-electron chi connectivity index (χ3n) is 3.85. The molecule has 0 radical (unpaired) electrons. The molecule has 8 nitrogen and oxygen atoms in total. The number of nitrogens with zero attached hydrogens (tertiary/aromatic N) is 4. The van der Waals surface area contributed by atoms with E-state index in [4.69, 9.17) is 0 Å². The van der Waals surface area contributed by atoms with Crippen LogP contribution in [0.5, 0.6) is 0 Å². The Labute approximate surface area is 143 Å². The monoisotopic (exact) mass is 348 g/mol. The number of aromatic nitrogens is 3. The van der Waals surface area contributed by atoms with Gasteiger partial charge in [-0.2, -0.15) is 5.10 Å². The number of amides is 2. The minimum atomic E-state index is -0.140. The summed E-state index contributed by atoms with van der Waals surface area (Å²) in [5.41, 5.74) is 0. The van der Waals surface area contributed by atoms with Gasteiger partial charge in [-0.3, -0.25) is 14.3 Å². The Kier molecular flexibility index (Phi) is 5.09. The maximum atomic E-state index is 12.1. The van der Waals surface area contributed by atoms with E-state index in [1.54, 1.807) is 17.1 Å². The molecule has 0 saturated carbocycles. The highest BCUT2D eigenvalue weighted by atomic mass is 32.1. The Hall–Kier alpha value is -2.42. The molecule has 9 heteroatoms. The van der Waals surface area contributed by atoms with E-state index in [1.807, 2.05) is 18.0 Å². The molecule has 0 aromatic carbocycles. The summed E-state index contributed by atoms with van der Waals surface area (Å²) in [7, 11) is 1.83. The van der Waals surface area contributed by atoms with Crippen molar-refractivity contribution >= 4 is 34.1 Å². The molecule has 2 N–H and O–H groups in total. The molecule has 0 spiro atoms. The number of anilines is 2. The fourth-order valence-corrected chi connectivity index (χ4v) is 3.28. The average molecular weight is 348 g/mol. The van der Waals surface area contributed by atoms with Gasteiger partial charge in [0.2, 0.25) is 5.91 Å². The van der Waals surface area contributed by atoms with Crippen LogP contribution in [-0.4, -0.2) is 51.1 Å². The highest BCUT2D eigenvalue weighted by molar-refractivity contribution is 7.17. The van der Waals surface area contributed by atoms with Crippen molar-refractivity contribution in [2.75, 3.05) is 25.0 Å². The second-order valence-corrected chi connectivity index (χ2v) is 6.62. The fourth-order valence-electron chi connectivity index (χ4n) is 2.54. The van der Waals surface area contributed by atoms with Crippen molar-refractivity contribution in [1.29, 1.82) is 0 Å². The van der Waals surface area contributed by atoms with Crippen LogP contribution in [0.25, 0.3) is 0 Å². The molecule has 0 bridgehead atoms. The lowest BCUT2D eigenvalue weighted by molar-refractivity contribution is -0.127.